The van der Waals surface area contributed by atoms with Crippen LogP contribution in [0.2, 0.25) is 0 Å². The first-order valence-electron chi connectivity index (χ1n) is 12.3. The van der Waals surface area contributed by atoms with E-state index in [4.69, 9.17) is 9.90 Å². The van der Waals surface area contributed by atoms with E-state index in [2.05, 4.69) is 16.0 Å². The van der Waals surface area contributed by atoms with Crippen LogP contribution in [0.4, 0.5) is 17.6 Å². The molecule has 2 N–H and O–H groups in total. The molecular formula is C29H27F4N3O3. The zero-order chi connectivity index (χ0) is 28.2. The van der Waals surface area contributed by atoms with Crippen molar-refractivity contribution < 1.29 is 32.3 Å². The van der Waals surface area contributed by atoms with Crippen LogP contribution in [0.3, 0.4) is 0 Å². The summed E-state index contributed by atoms with van der Waals surface area (Å²) in [7, 11) is 0. The van der Waals surface area contributed by atoms with E-state index < -0.39 is 12.1 Å². The molecule has 1 aliphatic rings. The predicted molar refractivity (Wildman–Crippen MR) is 140 cm³/mol. The number of alkyl halides is 3. The second kappa shape index (κ2) is 11.7. The first-order valence-corrected chi connectivity index (χ1v) is 12.3. The number of carbonyl (C=O) groups is 2. The maximum Gasteiger partial charge on any atom is 0.490 e. The summed E-state index contributed by atoms with van der Waals surface area (Å²) >= 11 is 0. The van der Waals surface area contributed by atoms with Crippen LogP contribution in [0.15, 0.2) is 72.8 Å². The van der Waals surface area contributed by atoms with Crippen LogP contribution in [0.1, 0.15) is 27.2 Å². The number of fused-ring (bicyclic) bond motifs is 1. The maximum atomic E-state index is 14.4. The number of hydrogen-bond acceptors (Lipinski definition) is 3. The Morgan fingerprint density at radius 3 is 2.18 bits per heavy atom. The number of halogens is 4. The van der Waals surface area contributed by atoms with Gasteiger partial charge >= 0.3 is 12.1 Å². The van der Waals surface area contributed by atoms with Crippen molar-refractivity contribution in [3.8, 4) is 5.69 Å². The molecular weight excluding hydrogens is 514 g/mol. The van der Waals surface area contributed by atoms with E-state index >= 15 is 0 Å². The molecule has 2 heterocycles. The highest BCUT2D eigenvalue weighted by Crippen LogP contribution is 2.33. The highest BCUT2D eigenvalue weighted by Gasteiger charge is 2.38. The zero-order valence-corrected chi connectivity index (χ0v) is 21.1. The van der Waals surface area contributed by atoms with Crippen molar-refractivity contribution in [2.75, 3.05) is 26.2 Å². The van der Waals surface area contributed by atoms with Gasteiger partial charge < -0.3 is 19.9 Å². The molecule has 1 fully saturated rings. The van der Waals surface area contributed by atoms with Crippen molar-refractivity contribution in [1.29, 1.82) is 0 Å². The van der Waals surface area contributed by atoms with Crippen LogP contribution in [0.25, 0.3) is 16.6 Å². The average Bonchev–Trinajstić information content (AvgIpc) is 3.25. The van der Waals surface area contributed by atoms with E-state index in [9.17, 15) is 22.4 Å². The third-order valence-electron chi connectivity index (χ3n) is 6.59. The molecule has 4 aromatic rings. The van der Waals surface area contributed by atoms with Crippen LogP contribution in [-0.2, 0) is 11.2 Å². The van der Waals surface area contributed by atoms with Crippen molar-refractivity contribution in [3.63, 3.8) is 0 Å². The number of carboxylic acid groups (broad SMARTS) is 1. The fourth-order valence-electron chi connectivity index (χ4n) is 4.62. The molecule has 0 saturated carbocycles. The van der Waals surface area contributed by atoms with E-state index in [1.165, 1.54) is 6.07 Å². The molecule has 39 heavy (non-hydrogen) atoms. The van der Waals surface area contributed by atoms with Crippen LogP contribution in [-0.4, -0.2) is 58.8 Å². The van der Waals surface area contributed by atoms with Gasteiger partial charge in [-0.25, -0.2) is 9.18 Å². The molecule has 0 radical (unpaired) electrons. The minimum atomic E-state index is -5.08. The van der Waals surface area contributed by atoms with Crippen LogP contribution < -0.4 is 5.32 Å². The summed E-state index contributed by atoms with van der Waals surface area (Å²) < 4.78 is 48.3. The Bertz CT molecular complexity index is 1480. The third-order valence-corrected chi connectivity index (χ3v) is 6.59. The first-order chi connectivity index (χ1) is 18.6. The summed E-state index contributed by atoms with van der Waals surface area (Å²) in [5, 5.41) is 11.4. The molecule has 5 rings (SSSR count). The molecule has 0 atom stereocenters. The highest BCUT2D eigenvalue weighted by molar-refractivity contribution is 6.09. The number of nitrogens with one attached hydrogen (secondary N) is 1. The smallest absolute Gasteiger partial charge is 0.475 e. The van der Waals surface area contributed by atoms with E-state index in [1.807, 2.05) is 59.5 Å². The number of piperazine rings is 1. The highest BCUT2D eigenvalue weighted by atomic mass is 19.4. The normalized spacial score (nSPS) is 13.6. The number of hydrogen-bond donors (Lipinski definition) is 2. The number of carbonyl (C=O) groups excluding carboxylic acids is 1. The van der Waals surface area contributed by atoms with Crippen LogP contribution in [0, 0.1) is 12.7 Å². The van der Waals surface area contributed by atoms with Crippen molar-refractivity contribution in [3.05, 3.63) is 101 Å². The van der Waals surface area contributed by atoms with Gasteiger partial charge in [-0.1, -0.05) is 48.5 Å². The molecule has 10 heteroatoms. The summed E-state index contributed by atoms with van der Waals surface area (Å²) in [6.45, 7) is 4.75. The molecule has 1 amide bonds. The fourth-order valence-corrected chi connectivity index (χ4v) is 4.62. The standard InChI is InChI=1S/C27H26FN3O.C2HF3O2/c1-19-20(8-7-12-23(19)28)18-25-26(27(32)30-16-14-29-15-17-30)22-11-5-6-13-24(22)31(25)21-9-3-2-4-10-21;3-2(4,5)1(6)7/h2-13,29H,14-18H2,1H3;(H,6,7). The summed E-state index contributed by atoms with van der Waals surface area (Å²) in [5.41, 5.74) is 5.11. The van der Waals surface area contributed by atoms with E-state index in [1.54, 1.807) is 13.0 Å². The summed E-state index contributed by atoms with van der Waals surface area (Å²) in [6, 6.07) is 23.3. The third kappa shape index (κ3) is 6.12. The van der Waals surface area contributed by atoms with Crippen molar-refractivity contribution in [2.24, 2.45) is 0 Å². The van der Waals surface area contributed by atoms with Crippen molar-refractivity contribution >= 4 is 22.8 Å². The lowest BCUT2D eigenvalue weighted by atomic mass is 9.99. The van der Waals surface area contributed by atoms with Gasteiger partial charge in [0.15, 0.2) is 0 Å². The van der Waals surface area contributed by atoms with Crippen LogP contribution >= 0.6 is 0 Å². The first kappa shape index (κ1) is 27.8. The van der Waals surface area contributed by atoms with E-state index in [-0.39, 0.29) is 11.7 Å². The van der Waals surface area contributed by atoms with Crippen molar-refractivity contribution in [1.82, 2.24) is 14.8 Å². The number of amides is 1. The van der Waals surface area contributed by atoms with Gasteiger partial charge in [-0.2, -0.15) is 13.2 Å². The van der Waals surface area contributed by atoms with Gasteiger partial charge in [-0.15, -0.1) is 0 Å². The minimum Gasteiger partial charge on any atom is -0.475 e. The number of para-hydroxylation sites is 2. The summed E-state index contributed by atoms with van der Waals surface area (Å²) in [5.74, 6) is -2.94. The van der Waals surface area contributed by atoms with Gasteiger partial charge in [-0.05, 0) is 42.3 Å². The lowest BCUT2D eigenvalue weighted by Gasteiger charge is -2.28. The number of rotatable bonds is 4. The van der Waals surface area contributed by atoms with E-state index in [0.717, 1.165) is 46.5 Å². The predicted octanol–water partition coefficient (Wildman–Crippen LogP) is 5.35. The summed E-state index contributed by atoms with van der Waals surface area (Å²) in [4.78, 5) is 24.7. The second-order valence-corrected chi connectivity index (χ2v) is 9.06. The molecule has 204 valence electrons. The number of aromatic nitrogens is 1. The Labute approximate surface area is 222 Å². The Morgan fingerprint density at radius 1 is 0.923 bits per heavy atom. The number of carboxylic acids is 1. The molecule has 3 aromatic carbocycles. The van der Waals surface area contributed by atoms with Gasteiger partial charge in [0.05, 0.1) is 11.1 Å². The molecule has 0 aliphatic carbocycles. The van der Waals surface area contributed by atoms with Gasteiger partial charge in [0.2, 0.25) is 0 Å². The van der Waals surface area contributed by atoms with Gasteiger partial charge in [0.25, 0.3) is 5.91 Å². The number of nitrogens with zero attached hydrogens (tertiary/aromatic N) is 2. The second-order valence-electron chi connectivity index (χ2n) is 9.06. The van der Waals surface area contributed by atoms with Gasteiger partial charge in [0, 0.05) is 49.4 Å². The number of aliphatic carboxylic acids is 1. The maximum absolute atomic E-state index is 14.4. The number of benzene rings is 3. The lowest BCUT2D eigenvalue weighted by molar-refractivity contribution is -0.192. The van der Waals surface area contributed by atoms with Crippen molar-refractivity contribution in [2.45, 2.75) is 19.5 Å². The van der Waals surface area contributed by atoms with Crippen LogP contribution in [0.5, 0.6) is 0 Å². The minimum absolute atomic E-state index is 0.0430. The van der Waals surface area contributed by atoms with Gasteiger partial charge in [0.1, 0.15) is 5.82 Å². The topological polar surface area (TPSA) is 74.6 Å². The molecule has 6 nitrogen and oxygen atoms in total. The molecule has 0 spiro atoms. The molecule has 1 saturated heterocycles. The summed E-state index contributed by atoms with van der Waals surface area (Å²) in [6.07, 6.45) is -4.61. The molecule has 0 bridgehead atoms. The molecule has 1 aliphatic heterocycles. The Hall–Kier alpha value is -4.18. The average molecular weight is 542 g/mol. The Morgan fingerprint density at radius 2 is 1.54 bits per heavy atom. The molecule has 1 aromatic heterocycles. The Balaban J connectivity index is 0.000000448. The molecule has 0 unspecified atom stereocenters. The largest absolute Gasteiger partial charge is 0.490 e. The fraction of sp³-hybridized carbons (Fsp3) is 0.241. The Kier molecular flexibility index (Phi) is 8.35. The van der Waals surface area contributed by atoms with E-state index in [0.29, 0.717) is 25.1 Å². The SMILES string of the molecule is Cc1c(F)cccc1Cc1c(C(=O)N2CCNCC2)c2ccccc2n1-c1ccccc1.O=C(O)C(F)(F)F. The zero-order valence-electron chi connectivity index (χ0n) is 21.1. The quantitative estimate of drug-likeness (QED) is 0.342. The lowest BCUT2D eigenvalue weighted by Crippen LogP contribution is -2.46. The monoisotopic (exact) mass is 541 g/mol. The van der Waals surface area contributed by atoms with Gasteiger partial charge in [-0.3, -0.25) is 4.79 Å².